The summed E-state index contributed by atoms with van der Waals surface area (Å²) < 4.78 is 5.76. The molecular weight excluding hydrogens is 332 g/mol. The highest BCUT2D eigenvalue weighted by Crippen LogP contribution is 2.19. The van der Waals surface area contributed by atoms with Crippen LogP contribution in [0, 0.1) is 0 Å². The monoisotopic (exact) mass is 340 g/mol. The summed E-state index contributed by atoms with van der Waals surface area (Å²) in [5.41, 5.74) is -0.0303. The standard InChI is InChI=1S/C12H9BrN2O3S/c1-2-5-15-11(17)8(10(16)14-12(15)19)6-7-3-4-9(13)18-7/h2-4,6H,1,5H2,(H,14,16,19)/b8-6-. The molecule has 2 rings (SSSR count). The van der Waals surface area contributed by atoms with Gasteiger partial charge in [-0.1, -0.05) is 6.08 Å². The van der Waals surface area contributed by atoms with E-state index in [1.54, 1.807) is 12.1 Å². The number of carbonyl (C=O) groups is 2. The van der Waals surface area contributed by atoms with E-state index in [0.29, 0.717) is 10.4 Å². The van der Waals surface area contributed by atoms with E-state index in [9.17, 15) is 9.59 Å². The lowest BCUT2D eigenvalue weighted by Gasteiger charge is -2.27. The second-order valence-corrected chi connectivity index (χ2v) is 4.83. The van der Waals surface area contributed by atoms with Gasteiger partial charge in [0, 0.05) is 6.54 Å². The number of hydrogen-bond donors (Lipinski definition) is 1. The zero-order chi connectivity index (χ0) is 14.0. The van der Waals surface area contributed by atoms with Crippen LogP contribution in [0.1, 0.15) is 5.76 Å². The van der Waals surface area contributed by atoms with E-state index in [0.717, 1.165) is 0 Å². The van der Waals surface area contributed by atoms with Crippen LogP contribution in [0.5, 0.6) is 0 Å². The maximum absolute atomic E-state index is 12.2. The Bertz CT molecular complexity index is 606. The third-order valence-corrected chi connectivity index (χ3v) is 3.13. The highest BCUT2D eigenvalue weighted by Gasteiger charge is 2.32. The summed E-state index contributed by atoms with van der Waals surface area (Å²) in [4.78, 5) is 25.2. The van der Waals surface area contributed by atoms with Gasteiger partial charge in [0.25, 0.3) is 11.8 Å². The predicted octanol–water partition coefficient (Wildman–Crippen LogP) is 1.85. The molecule has 0 aromatic carbocycles. The Hall–Kier alpha value is -1.73. The maximum atomic E-state index is 12.2. The number of carbonyl (C=O) groups excluding carboxylic acids is 2. The second-order valence-electron chi connectivity index (χ2n) is 3.66. The topological polar surface area (TPSA) is 62.6 Å². The SMILES string of the molecule is C=CCN1C(=O)/C(=C\c2ccc(Br)o2)C(=O)NC1=S. The normalized spacial score (nSPS) is 17.8. The molecule has 98 valence electrons. The van der Waals surface area contributed by atoms with Crippen molar-refractivity contribution in [2.45, 2.75) is 0 Å². The molecule has 5 nitrogen and oxygen atoms in total. The van der Waals surface area contributed by atoms with E-state index in [1.165, 1.54) is 17.1 Å². The summed E-state index contributed by atoms with van der Waals surface area (Å²) in [6, 6.07) is 3.31. The quantitative estimate of drug-likeness (QED) is 0.395. The van der Waals surface area contributed by atoms with E-state index in [1.807, 2.05) is 0 Å². The van der Waals surface area contributed by atoms with Crippen LogP contribution in [0.3, 0.4) is 0 Å². The molecule has 0 atom stereocenters. The molecule has 2 amide bonds. The van der Waals surface area contributed by atoms with Crippen LogP contribution in [-0.2, 0) is 9.59 Å². The lowest BCUT2D eigenvalue weighted by molar-refractivity contribution is -0.128. The van der Waals surface area contributed by atoms with Crippen LogP contribution in [0.15, 0.2) is 39.4 Å². The van der Waals surface area contributed by atoms with Crippen molar-refractivity contribution in [1.82, 2.24) is 10.2 Å². The average Bonchev–Trinajstić information content (AvgIpc) is 2.76. The van der Waals surface area contributed by atoms with Crippen molar-refractivity contribution in [2.24, 2.45) is 0 Å². The number of hydrogen-bond acceptors (Lipinski definition) is 4. The molecule has 0 saturated carbocycles. The molecule has 7 heteroatoms. The first-order chi connectivity index (χ1) is 9.02. The number of amides is 2. The Labute approximate surface area is 123 Å². The van der Waals surface area contributed by atoms with Crippen molar-refractivity contribution in [1.29, 1.82) is 0 Å². The number of nitrogens with one attached hydrogen (secondary N) is 1. The van der Waals surface area contributed by atoms with Crippen LogP contribution < -0.4 is 5.32 Å². The van der Waals surface area contributed by atoms with Gasteiger partial charge in [0.15, 0.2) is 9.78 Å². The lowest BCUT2D eigenvalue weighted by atomic mass is 10.1. The average molecular weight is 341 g/mol. The molecule has 1 aromatic rings. The number of thiocarbonyl (C=S) groups is 1. The van der Waals surface area contributed by atoms with Crippen LogP contribution in [0.4, 0.5) is 0 Å². The first kappa shape index (κ1) is 13.7. The van der Waals surface area contributed by atoms with Gasteiger partial charge in [0.05, 0.1) is 0 Å². The Morgan fingerprint density at radius 2 is 2.21 bits per heavy atom. The molecule has 19 heavy (non-hydrogen) atoms. The Morgan fingerprint density at radius 3 is 2.79 bits per heavy atom. The fraction of sp³-hybridized carbons (Fsp3) is 0.0833. The van der Waals surface area contributed by atoms with Crippen molar-refractivity contribution in [3.05, 3.63) is 40.8 Å². The van der Waals surface area contributed by atoms with Gasteiger partial charge in [-0.15, -0.1) is 6.58 Å². The molecule has 1 aromatic heterocycles. The first-order valence-corrected chi connectivity index (χ1v) is 6.48. The Balaban J connectivity index is 2.35. The van der Waals surface area contributed by atoms with Crippen LogP contribution in [0.2, 0.25) is 0 Å². The van der Waals surface area contributed by atoms with E-state index in [-0.39, 0.29) is 17.2 Å². The third kappa shape index (κ3) is 2.82. The van der Waals surface area contributed by atoms with Gasteiger partial charge in [0.1, 0.15) is 11.3 Å². The molecule has 0 aliphatic carbocycles. The van der Waals surface area contributed by atoms with Gasteiger partial charge in [-0.3, -0.25) is 19.8 Å². The molecule has 1 aliphatic heterocycles. The summed E-state index contributed by atoms with van der Waals surface area (Å²) in [5.74, 6) is -0.610. The summed E-state index contributed by atoms with van der Waals surface area (Å²) in [5, 5.41) is 2.53. The third-order valence-electron chi connectivity index (χ3n) is 2.38. The van der Waals surface area contributed by atoms with Crippen LogP contribution >= 0.6 is 28.1 Å². The Kier molecular flexibility index (Phi) is 3.96. The summed E-state index contributed by atoms with van der Waals surface area (Å²) in [6.45, 7) is 3.78. The molecule has 2 heterocycles. The van der Waals surface area contributed by atoms with Gasteiger partial charge in [-0.25, -0.2) is 0 Å². The predicted molar refractivity (Wildman–Crippen MR) is 77.0 cm³/mol. The molecule has 0 spiro atoms. The smallest absolute Gasteiger partial charge is 0.266 e. The molecule has 1 saturated heterocycles. The van der Waals surface area contributed by atoms with E-state index < -0.39 is 11.8 Å². The molecule has 0 unspecified atom stereocenters. The van der Waals surface area contributed by atoms with Crippen molar-refractivity contribution >= 4 is 51.2 Å². The van der Waals surface area contributed by atoms with Gasteiger partial charge >= 0.3 is 0 Å². The van der Waals surface area contributed by atoms with E-state index in [4.69, 9.17) is 16.6 Å². The van der Waals surface area contributed by atoms with E-state index >= 15 is 0 Å². The molecular formula is C12H9BrN2O3S. The number of rotatable bonds is 3. The van der Waals surface area contributed by atoms with Gasteiger partial charge < -0.3 is 4.42 Å². The molecule has 1 aliphatic rings. The number of halogens is 1. The lowest BCUT2D eigenvalue weighted by Crippen LogP contribution is -2.53. The summed E-state index contributed by atoms with van der Waals surface area (Å²) in [7, 11) is 0. The summed E-state index contributed by atoms with van der Waals surface area (Å²) >= 11 is 8.08. The molecule has 1 N–H and O–H groups in total. The van der Waals surface area contributed by atoms with Crippen molar-refractivity contribution < 1.29 is 14.0 Å². The minimum atomic E-state index is -0.539. The number of furan rings is 1. The number of nitrogens with zero attached hydrogens (tertiary/aromatic N) is 1. The second kappa shape index (κ2) is 5.50. The fourth-order valence-corrected chi connectivity index (χ4v) is 2.11. The molecule has 0 radical (unpaired) electrons. The van der Waals surface area contributed by atoms with E-state index in [2.05, 4.69) is 27.8 Å². The zero-order valence-electron chi connectivity index (χ0n) is 9.68. The maximum Gasteiger partial charge on any atom is 0.266 e. The highest BCUT2D eigenvalue weighted by molar-refractivity contribution is 9.10. The zero-order valence-corrected chi connectivity index (χ0v) is 12.1. The Morgan fingerprint density at radius 1 is 1.47 bits per heavy atom. The fourth-order valence-electron chi connectivity index (χ4n) is 1.54. The van der Waals surface area contributed by atoms with Crippen LogP contribution in [-0.4, -0.2) is 28.4 Å². The first-order valence-electron chi connectivity index (χ1n) is 5.28. The van der Waals surface area contributed by atoms with Crippen molar-refractivity contribution in [2.75, 3.05) is 6.54 Å². The summed E-state index contributed by atoms with van der Waals surface area (Å²) in [6.07, 6.45) is 2.91. The molecule has 0 bridgehead atoms. The minimum Gasteiger partial charge on any atom is -0.450 e. The van der Waals surface area contributed by atoms with Crippen molar-refractivity contribution in [3.8, 4) is 0 Å². The van der Waals surface area contributed by atoms with Gasteiger partial charge in [-0.2, -0.15) is 0 Å². The van der Waals surface area contributed by atoms with Crippen LogP contribution in [0.25, 0.3) is 6.08 Å². The highest BCUT2D eigenvalue weighted by atomic mass is 79.9. The van der Waals surface area contributed by atoms with Gasteiger partial charge in [-0.05, 0) is 46.4 Å². The minimum absolute atomic E-state index is 0.0303. The van der Waals surface area contributed by atoms with Gasteiger partial charge in [0.2, 0.25) is 0 Å². The molecule has 1 fully saturated rings. The largest absolute Gasteiger partial charge is 0.450 e. The van der Waals surface area contributed by atoms with Crippen molar-refractivity contribution in [3.63, 3.8) is 0 Å².